The number of likely N-dealkylation sites (tertiary alicyclic amines) is 1. The number of amides is 2. The number of fused-ring (bicyclic) bond motifs is 1. The molecule has 2 aliphatic rings. The zero-order valence-electron chi connectivity index (χ0n) is 12.6. The van der Waals surface area contributed by atoms with Crippen LogP contribution in [0.5, 0.6) is 0 Å². The maximum Gasteiger partial charge on any atom is 0.231 e. The second-order valence-electron chi connectivity index (χ2n) is 6.05. The first-order valence-electron chi connectivity index (χ1n) is 7.83. The van der Waals surface area contributed by atoms with E-state index < -0.39 is 0 Å². The van der Waals surface area contributed by atoms with Gasteiger partial charge in [-0.15, -0.1) is 10.2 Å². The number of hydrogen-bond acceptors (Lipinski definition) is 5. The monoisotopic (exact) mass is 306 g/mol. The van der Waals surface area contributed by atoms with E-state index in [4.69, 9.17) is 5.73 Å². The number of piperidine rings is 1. The number of nitrogens with one attached hydrogen (secondary N) is 1. The van der Waals surface area contributed by atoms with Gasteiger partial charge in [-0.25, -0.2) is 0 Å². The van der Waals surface area contributed by atoms with E-state index in [2.05, 4.69) is 20.1 Å². The average Bonchev–Trinajstić information content (AvgIpc) is 3.08. The number of primary amides is 1. The summed E-state index contributed by atoms with van der Waals surface area (Å²) in [4.78, 5) is 25.3. The van der Waals surface area contributed by atoms with Crippen molar-refractivity contribution in [2.45, 2.75) is 38.8 Å². The van der Waals surface area contributed by atoms with Crippen LogP contribution in [-0.4, -0.2) is 51.1 Å². The van der Waals surface area contributed by atoms with E-state index in [9.17, 15) is 9.59 Å². The van der Waals surface area contributed by atoms with Gasteiger partial charge in [0.2, 0.25) is 11.8 Å². The summed E-state index contributed by atoms with van der Waals surface area (Å²) in [6, 6.07) is 0. The minimum absolute atomic E-state index is 0.0181. The van der Waals surface area contributed by atoms with Crippen LogP contribution in [-0.2, 0) is 29.1 Å². The molecule has 0 bridgehead atoms. The van der Waals surface area contributed by atoms with Crippen LogP contribution in [0, 0.1) is 5.92 Å². The Balaban J connectivity index is 1.52. The summed E-state index contributed by atoms with van der Waals surface area (Å²) in [5, 5.41) is 11.2. The molecule has 120 valence electrons. The second kappa shape index (κ2) is 6.43. The van der Waals surface area contributed by atoms with Gasteiger partial charge in [0.1, 0.15) is 5.82 Å². The minimum atomic E-state index is -0.347. The molecule has 0 unspecified atom stereocenters. The number of carbonyl (C=O) groups is 2. The Hall–Kier alpha value is -1.96. The molecule has 22 heavy (non-hydrogen) atoms. The van der Waals surface area contributed by atoms with Gasteiger partial charge >= 0.3 is 0 Å². The maximum atomic E-state index is 12.3. The number of aryl methyl sites for hydroxylation is 1. The molecule has 1 aromatic rings. The Kier molecular flexibility index (Phi) is 4.37. The summed E-state index contributed by atoms with van der Waals surface area (Å²) < 4.78 is 2.08. The van der Waals surface area contributed by atoms with Crippen molar-refractivity contribution in [3.05, 3.63) is 11.6 Å². The van der Waals surface area contributed by atoms with Crippen LogP contribution >= 0.6 is 0 Å². The van der Waals surface area contributed by atoms with E-state index >= 15 is 0 Å². The molecule has 1 saturated heterocycles. The predicted octanol–water partition coefficient (Wildman–Crippen LogP) is -0.962. The largest absolute Gasteiger partial charge is 0.369 e. The van der Waals surface area contributed by atoms with Gasteiger partial charge in [0, 0.05) is 19.5 Å². The van der Waals surface area contributed by atoms with Crippen molar-refractivity contribution in [3.8, 4) is 0 Å². The van der Waals surface area contributed by atoms with Gasteiger partial charge in [0.25, 0.3) is 0 Å². The SMILES string of the molecule is NC(=O)CN1CCC[C@H](C(=O)NCc2nnc3n2CCC3)C1. The fourth-order valence-corrected chi connectivity index (χ4v) is 3.29. The highest BCUT2D eigenvalue weighted by atomic mass is 16.2. The molecule has 0 aliphatic carbocycles. The lowest BCUT2D eigenvalue weighted by molar-refractivity contribution is -0.128. The van der Waals surface area contributed by atoms with Crippen molar-refractivity contribution in [2.24, 2.45) is 11.7 Å². The molecule has 3 heterocycles. The van der Waals surface area contributed by atoms with Gasteiger partial charge in [-0.3, -0.25) is 14.5 Å². The summed E-state index contributed by atoms with van der Waals surface area (Å²) in [6.07, 6.45) is 3.81. The molecule has 3 N–H and O–H groups in total. The molecule has 0 aromatic carbocycles. The summed E-state index contributed by atoms with van der Waals surface area (Å²) in [6.45, 7) is 2.99. The highest BCUT2D eigenvalue weighted by Gasteiger charge is 2.27. The second-order valence-corrected chi connectivity index (χ2v) is 6.05. The minimum Gasteiger partial charge on any atom is -0.369 e. The van der Waals surface area contributed by atoms with Crippen LogP contribution < -0.4 is 11.1 Å². The van der Waals surface area contributed by atoms with Crippen molar-refractivity contribution in [2.75, 3.05) is 19.6 Å². The van der Waals surface area contributed by atoms with Crippen molar-refractivity contribution in [3.63, 3.8) is 0 Å². The fourth-order valence-electron chi connectivity index (χ4n) is 3.29. The van der Waals surface area contributed by atoms with Crippen molar-refractivity contribution < 1.29 is 9.59 Å². The molecule has 8 heteroatoms. The van der Waals surface area contributed by atoms with E-state index in [0.717, 1.165) is 50.4 Å². The molecule has 0 spiro atoms. The lowest BCUT2D eigenvalue weighted by Crippen LogP contribution is -2.45. The van der Waals surface area contributed by atoms with Crippen LogP contribution in [0.1, 0.15) is 30.9 Å². The number of hydrogen-bond donors (Lipinski definition) is 2. The van der Waals surface area contributed by atoms with Crippen LogP contribution in [0.4, 0.5) is 0 Å². The number of nitrogens with two attached hydrogens (primary N) is 1. The van der Waals surface area contributed by atoms with Crippen molar-refractivity contribution in [1.82, 2.24) is 25.0 Å². The molecule has 1 atom stereocenters. The highest BCUT2D eigenvalue weighted by molar-refractivity contribution is 5.79. The topological polar surface area (TPSA) is 106 Å². The van der Waals surface area contributed by atoms with Crippen LogP contribution in [0.25, 0.3) is 0 Å². The van der Waals surface area contributed by atoms with E-state index in [-0.39, 0.29) is 24.3 Å². The molecule has 8 nitrogen and oxygen atoms in total. The lowest BCUT2D eigenvalue weighted by atomic mass is 9.97. The Bertz CT molecular complexity index is 570. The molecule has 2 amide bonds. The maximum absolute atomic E-state index is 12.3. The Morgan fingerprint density at radius 1 is 1.27 bits per heavy atom. The molecule has 1 fully saturated rings. The third kappa shape index (κ3) is 3.27. The Morgan fingerprint density at radius 3 is 2.95 bits per heavy atom. The van der Waals surface area contributed by atoms with Gasteiger partial charge in [0.15, 0.2) is 5.82 Å². The van der Waals surface area contributed by atoms with Crippen LogP contribution in [0.15, 0.2) is 0 Å². The molecule has 1 aromatic heterocycles. The highest BCUT2D eigenvalue weighted by Crippen LogP contribution is 2.17. The molecule has 3 rings (SSSR count). The Morgan fingerprint density at radius 2 is 2.14 bits per heavy atom. The van der Waals surface area contributed by atoms with Crippen molar-refractivity contribution in [1.29, 1.82) is 0 Å². The number of aromatic nitrogens is 3. The standard InChI is InChI=1S/C14H22N6O2/c15-11(21)9-19-5-1-3-10(8-19)14(22)16-7-13-18-17-12-4-2-6-20(12)13/h10H,1-9H2,(H2,15,21)(H,16,22)/t10-/m0/s1. The van der Waals surface area contributed by atoms with Gasteiger partial charge in [0.05, 0.1) is 19.0 Å². The number of rotatable bonds is 5. The van der Waals surface area contributed by atoms with Gasteiger partial charge in [-0.2, -0.15) is 0 Å². The smallest absolute Gasteiger partial charge is 0.231 e. The van der Waals surface area contributed by atoms with Gasteiger partial charge in [-0.05, 0) is 25.8 Å². The average molecular weight is 306 g/mol. The summed E-state index contributed by atoms with van der Waals surface area (Å²) in [7, 11) is 0. The van der Waals surface area contributed by atoms with Crippen molar-refractivity contribution >= 4 is 11.8 Å². The van der Waals surface area contributed by atoms with Gasteiger partial charge < -0.3 is 15.6 Å². The first kappa shape index (κ1) is 15.0. The third-order valence-electron chi connectivity index (χ3n) is 4.36. The molecule has 2 aliphatic heterocycles. The number of carbonyl (C=O) groups excluding carboxylic acids is 2. The van der Waals surface area contributed by atoms with Crippen LogP contribution in [0.2, 0.25) is 0 Å². The molecule has 0 radical (unpaired) electrons. The quantitative estimate of drug-likeness (QED) is 0.728. The third-order valence-corrected chi connectivity index (χ3v) is 4.36. The Labute approximate surface area is 129 Å². The van der Waals surface area contributed by atoms with Gasteiger partial charge in [-0.1, -0.05) is 0 Å². The predicted molar refractivity (Wildman–Crippen MR) is 78.5 cm³/mol. The normalized spacial score (nSPS) is 21.5. The zero-order chi connectivity index (χ0) is 15.5. The fraction of sp³-hybridized carbons (Fsp3) is 0.714. The van der Waals surface area contributed by atoms with E-state index in [1.165, 1.54) is 0 Å². The molecule has 0 saturated carbocycles. The summed E-state index contributed by atoms with van der Waals surface area (Å²) in [5.74, 6) is 1.42. The molecular formula is C14H22N6O2. The molecular weight excluding hydrogens is 284 g/mol. The first-order valence-corrected chi connectivity index (χ1v) is 7.83. The summed E-state index contributed by atoms with van der Waals surface area (Å²) >= 11 is 0. The van der Waals surface area contributed by atoms with E-state index in [1.54, 1.807) is 0 Å². The number of nitrogens with zero attached hydrogens (tertiary/aromatic N) is 4. The lowest BCUT2D eigenvalue weighted by Gasteiger charge is -2.30. The van der Waals surface area contributed by atoms with E-state index in [1.807, 2.05) is 4.90 Å². The summed E-state index contributed by atoms with van der Waals surface area (Å²) in [5.41, 5.74) is 5.22. The zero-order valence-corrected chi connectivity index (χ0v) is 12.6. The van der Waals surface area contributed by atoms with Crippen LogP contribution in [0.3, 0.4) is 0 Å². The van der Waals surface area contributed by atoms with E-state index in [0.29, 0.717) is 13.1 Å². The first-order chi connectivity index (χ1) is 10.6.